The van der Waals surface area contributed by atoms with Crippen LogP contribution in [0.4, 0.5) is 26.3 Å². The molecule has 0 radical (unpaired) electrons. The monoisotopic (exact) mass is 369 g/mol. The van der Waals surface area contributed by atoms with Gasteiger partial charge in [0, 0.05) is 5.56 Å². The van der Waals surface area contributed by atoms with Crippen LogP contribution in [0.2, 0.25) is 0 Å². The Morgan fingerprint density at radius 2 is 1.58 bits per heavy atom. The second kappa shape index (κ2) is 6.37. The molecule has 0 saturated carbocycles. The number of alkyl halides is 6. The Kier molecular flexibility index (Phi) is 4.36. The van der Waals surface area contributed by atoms with Gasteiger partial charge in [0.05, 0.1) is 17.8 Å². The normalized spacial score (nSPS) is 16.8. The Labute approximate surface area is 144 Å². The first-order valence-electron chi connectivity index (χ1n) is 7.21. The molecule has 0 saturated heterocycles. The SMILES string of the molecule is FC(F)(F)C1=NN=C2C=CC=C(C#Cc3ccc(C(F)(F)F)cc3)N2C1. The molecule has 9 heteroatoms. The van der Waals surface area contributed by atoms with Gasteiger partial charge >= 0.3 is 12.4 Å². The highest BCUT2D eigenvalue weighted by molar-refractivity contribution is 6.03. The van der Waals surface area contributed by atoms with Crippen molar-refractivity contribution in [1.82, 2.24) is 4.90 Å². The summed E-state index contributed by atoms with van der Waals surface area (Å²) in [6, 6.07) is 4.18. The zero-order chi connectivity index (χ0) is 18.9. The van der Waals surface area contributed by atoms with E-state index in [1.165, 1.54) is 29.2 Å². The Morgan fingerprint density at radius 3 is 2.19 bits per heavy atom. The third-order valence-electron chi connectivity index (χ3n) is 3.52. The number of allylic oxidation sites excluding steroid dienone is 3. The fourth-order valence-corrected chi connectivity index (χ4v) is 2.21. The van der Waals surface area contributed by atoms with E-state index in [2.05, 4.69) is 22.0 Å². The summed E-state index contributed by atoms with van der Waals surface area (Å²) < 4.78 is 76.1. The molecule has 0 N–H and O–H groups in total. The highest BCUT2D eigenvalue weighted by Crippen LogP contribution is 2.29. The maximum absolute atomic E-state index is 12.8. The molecule has 0 spiro atoms. The van der Waals surface area contributed by atoms with E-state index in [-0.39, 0.29) is 11.5 Å². The van der Waals surface area contributed by atoms with Crippen molar-refractivity contribution in [2.75, 3.05) is 6.54 Å². The molecular weight excluding hydrogens is 360 g/mol. The average molecular weight is 369 g/mol. The van der Waals surface area contributed by atoms with Crippen molar-refractivity contribution in [2.24, 2.45) is 10.2 Å². The molecule has 2 aliphatic rings. The third kappa shape index (κ3) is 3.79. The molecule has 0 fully saturated rings. The van der Waals surface area contributed by atoms with Crippen LogP contribution in [-0.2, 0) is 6.18 Å². The molecule has 1 aromatic rings. The standard InChI is InChI=1S/C17H9F6N3/c18-16(19,20)12-7-4-11(5-8-12)6-9-13-2-1-3-15-25-24-14(10-26(13)15)17(21,22)23/h1-5,7-8H,10H2. The summed E-state index contributed by atoms with van der Waals surface area (Å²) in [6.45, 7) is -0.541. The van der Waals surface area contributed by atoms with Crippen molar-refractivity contribution in [3.05, 3.63) is 59.3 Å². The van der Waals surface area contributed by atoms with Crippen LogP contribution in [0.3, 0.4) is 0 Å². The van der Waals surface area contributed by atoms with Crippen molar-refractivity contribution in [2.45, 2.75) is 12.4 Å². The second-order valence-electron chi connectivity index (χ2n) is 5.32. The summed E-state index contributed by atoms with van der Waals surface area (Å²) in [5.74, 6) is 5.52. The van der Waals surface area contributed by atoms with Crippen molar-refractivity contribution < 1.29 is 26.3 Å². The number of nitrogens with zero attached hydrogens (tertiary/aromatic N) is 3. The van der Waals surface area contributed by atoms with E-state index >= 15 is 0 Å². The molecule has 26 heavy (non-hydrogen) atoms. The zero-order valence-electron chi connectivity index (χ0n) is 12.9. The van der Waals surface area contributed by atoms with E-state index in [4.69, 9.17) is 0 Å². The predicted octanol–water partition coefficient (Wildman–Crippen LogP) is 4.14. The van der Waals surface area contributed by atoms with E-state index in [0.29, 0.717) is 5.56 Å². The molecule has 2 heterocycles. The summed E-state index contributed by atoms with van der Waals surface area (Å²) in [5, 5.41) is 6.71. The molecule has 0 unspecified atom stereocenters. The van der Waals surface area contributed by atoms with Crippen LogP contribution in [0.25, 0.3) is 0 Å². The van der Waals surface area contributed by atoms with Gasteiger partial charge in [-0.25, -0.2) is 0 Å². The fraction of sp³-hybridized carbons (Fsp3) is 0.176. The lowest BCUT2D eigenvalue weighted by Crippen LogP contribution is -2.42. The van der Waals surface area contributed by atoms with Crippen molar-refractivity contribution >= 4 is 11.5 Å². The number of hydrogen-bond donors (Lipinski definition) is 0. The third-order valence-corrected chi connectivity index (χ3v) is 3.52. The maximum atomic E-state index is 12.8. The number of hydrogen-bond acceptors (Lipinski definition) is 3. The maximum Gasteiger partial charge on any atom is 0.433 e. The van der Waals surface area contributed by atoms with Gasteiger partial charge < -0.3 is 4.90 Å². The van der Waals surface area contributed by atoms with Crippen molar-refractivity contribution in [3.63, 3.8) is 0 Å². The molecule has 1 aromatic carbocycles. The van der Waals surface area contributed by atoms with Crippen molar-refractivity contribution in [3.8, 4) is 11.8 Å². The topological polar surface area (TPSA) is 28.0 Å². The summed E-state index contributed by atoms with van der Waals surface area (Å²) in [4.78, 5) is 1.24. The Balaban J connectivity index is 1.83. The van der Waals surface area contributed by atoms with E-state index in [0.717, 1.165) is 12.1 Å². The minimum absolute atomic E-state index is 0.206. The Bertz CT molecular complexity index is 890. The first kappa shape index (κ1) is 17.8. The highest BCUT2D eigenvalue weighted by Gasteiger charge is 2.39. The van der Waals surface area contributed by atoms with Gasteiger partial charge in [-0.2, -0.15) is 26.3 Å². The smallest absolute Gasteiger partial charge is 0.312 e. The van der Waals surface area contributed by atoms with Crippen LogP contribution >= 0.6 is 0 Å². The van der Waals surface area contributed by atoms with Gasteiger partial charge in [-0.3, -0.25) is 0 Å². The van der Waals surface area contributed by atoms with Gasteiger partial charge in [0.1, 0.15) is 0 Å². The minimum Gasteiger partial charge on any atom is -0.312 e. The van der Waals surface area contributed by atoms with E-state index in [1.54, 1.807) is 6.08 Å². The number of amidine groups is 1. The first-order valence-corrected chi connectivity index (χ1v) is 7.21. The molecular formula is C17H9F6N3. The molecule has 2 aliphatic heterocycles. The van der Waals surface area contributed by atoms with Crippen LogP contribution in [-0.4, -0.2) is 29.2 Å². The van der Waals surface area contributed by atoms with Gasteiger partial charge in [0.2, 0.25) is 0 Å². The van der Waals surface area contributed by atoms with E-state index < -0.39 is 30.2 Å². The van der Waals surface area contributed by atoms with Crippen LogP contribution < -0.4 is 0 Å². The minimum atomic E-state index is -4.61. The quantitative estimate of drug-likeness (QED) is 0.499. The second-order valence-corrected chi connectivity index (χ2v) is 5.32. The molecule has 134 valence electrons. The van der Waals surface area contributed by atoms with E-state index in [1.807, 2.05) is 0 Å². The fourth-order valence-electron chi connectivity index (χ4n) is 2.21. The number of halogens is 6. The largest absolute Gasteiger partial charge is 0.433 e. The lowest BCUT2D eigenvalue weighted by molar-refractivity contribution is -0.137. The Hall–Kier alpha value is -3.02. The zero-order valence-corrected chi connectivity index (χ0v) is 12.9. The van der Waals surface area contributed by atoms with Crippen LogP contribution in [0, 0.1) is 11.8 Å². The number of rotatable bonds is 0. The lowest BCUT2D eigenvalue weighted by atomic mass is 10.1. The van der Waals surface area contributed by atoms with Crippen LogP contribution in [0.15, 0.2) is 58.4 Å². The number of fused-ring (bicyclic) bond motifs is 1. The first-order chi connectivity index (χ1) is 12.1. The molecule has 3 rings (SSSR count). The van der Waals surface area contributed by atoms with Gasteiger partial charge in [0.15, 0.2) is 11.5 Å². The van der Waals surface area contributed by atoms with E-state index in [9.17, 15) is 26.3 Å². The highest BCUT2D eigenvalue weighted by atomic mass is 19.4. The summed E-state index contributed by atoms with van der Waals surface area (Å²) >= 11 is 0. The van der Waals surface area contributed by atoms with Gasteiger partial charge in [-0.15, -0.1) is 10.2 Å². The molecule has 0 aliphatic carbocycles. The molecule has 0 aromatic heterocycles. The lowest BCUT2D eigenvalue weighted by Gasteiger charge is -2.29. The van der Waals surface area contributed by atoms with Gasteiger partial charge in [0.25, 0.3) is 0 Å². The Morgan fingerprint density at radius 1 is 0.885 bits per heavy atom. The predicted molar refractivity (Wildman–Crippen MR) is 83.2 cm³/mol. The molecule has 0 bridgehead atoms. The van der Waals surface area contributed by atoms with Crippen molar-refractivity contribution in [1.29, 1.82) is 0 Å². The summed E-state index contributed by atoms with van der Waals surface area (Å²) in [5.41, 5.74) is -1.32. The van der Waals surface area contributed by atoms with Gasteiger partial charge in [-0.05, 0) is 42.3 Å². The van der Waals surface area contributed by atoms with Crippen LogP contribution in [0.5, 0.6) is 0 Å². The number of benzene rings is 1. The average Bonchev–Trinajstić information content (AvgIpc) is 2.58. The molecule has 0 amide bonds. The molecule has 0 atom stereocenters. The summed E-state index contributed by atoms with van der Waals surface area (Å²) in [6.07, 6.45) is -4.52. The van der Waals surface area contributed by atoms with Crippen LogP contribution in [0.1, 0.15) is 11.1 Å². The molecule has 3 nitrogen and oxygen atoms in total. The van der Waals surface area contributed by atoms with Gasteiger partial charge in [-0.1, -0.05) is 12.0 Å². The summed E-state index contributed by atoms with van der Waals surface area (Å²) in [7, 11) is 0.